The molecule has 0 saturated carbocycles. The zero-order valence-corrected chi connectivity index (χ0v) is 18.2. The van der Waals surface area contributed by atoms with Crippen molar-refractivity contribution in [2.75, 3.05) is 11.9 Å². The van der Waals surface area contributed by atoms with Gasteiger partial charge in [0.05, 0.1) is 22.9 Å². The third-order valence-corrected chi connectivity index (χ3v) is 6.66. The fourth-order valence-corrected chi connectivity index (χ4v) is 5.00. The molecule has 1 aliphatic rings. The van der Waals surface area contributed by atoms with Crippen molar-refractivity contribution in [2.24, 2.45) is 0 Å². The Hall–Kier alpha value is -2.90. The molecule has 2 aromatic carbocycles. The largest absolute Gasteiger partial charge is 0.322 e. The molecule has 0 bridgehead atoms. The van der Waals surface area contributed by atoms with Crippen molar-refractivity contribution in [3.63, 3.8) is 0 Å². The van der Waals surface area contributed by atoms with Gasteiger partial charge in [-0.3, -0.25) is 0 Å². The fraction of sp³-hybridized carbons (Fsp3) is 0.227. The topological polar surface area (TPSA) is 62.5 Å². The van der Waals surface area contributed by atoms with E-state index < -0.39 is 0 Å². The smallest absolute Gasteiger partial charge is 0.319 e. The van der Waals surface area contributed by atoms with Gasteiger partial charge >= 0.3 is 6.03 Å². The van der Waals surface area contributed by atoms with Gasteiger partial charge in [0.15, 0.2) is 5.82 Å². The maximum absolute atomic E-state index is 12.8. The Balaban J connectivity index is 1.36. The number of rotatable bonds is 2. The Kier molecular flexibility index (Phi) is 4.72. The first-order chi connectivity index (χ1) is 14.5. The van der Waals surface area contributed by atoms with E-state index in [2.05, 4.69) is 24.4 Å². The van der Waals surface area contributed by atoms with Crippen LogP contribution < -0.4 is 5.32 Å². The number of fused-ring (bicyclic) bond motifs is 3. The maximum Gasteiger partial charge on any atom is 0.322 e. The molecule has 0 saturated heterocycles. The van der Waals surface area contributed by atoms with Gasteiger partial charge in [-0.05, 0) is 31.5 Å². The molecule has 6 nitrogen and oxygen atoms in total. The van der Waals surface area contributed by atoms with Gasteiger partial charge in [-0.15, -0.1) is 5.10 Å². The average molecular weight is 438 g/mol. The number of nitrogens with zero attached hydrogens (tertiary/aromatic N) is 4. The Labute approximate surface area is 183 Å². The lowest BCUT2D eigenvalue weighted by molar-refractivity contribution is 0.206. The molecule has 3 heterocycles. The number of carbonyl (C=O) groups excluding carboxylic acids is 1. The third-order valence-electron chi connectivity index (χ3n) is 5.29. The molecule has 152 valence electrons. The van der Waals surface area contributed by atoms with E-state index in [0.29, 0.717) is 23.8 Å². The highest BCUT2D eigenvalue weighted by molar-refractivity contribution is 7.17. The van der Waals surface area contributed by atoms with Crippen molar-refractivity contribution in [3.8, 4) is 11.4 Å². The van der Waals surface area contributed by atoms with E-state index in [9.17, 15) is 4.79 Å². The van der Waals surface area contributed by atoms with Crippen LogP contribution in [0.2, 0.25) is 5.02 Å². The first-order valence-electron chi connectivity index (χ1n) is 9.74. The summed E-state index contributed by atoms with van der Waals surface area (Å²) in [6, 6.07) is 13.7. The molecule has 0 fully saturated rings. The van der Waals surface area contributed by atoms with Gasteiger partial charge in [-0.1, -0.05) is 58.8 Å². The molecule has 0 aliphatic carbocycles. The Bertz CT molecular complexity index is 1260. The van der Waals surface area contributed by atoms with Crippen LogP contribution in [0.5, 0.6) is 0 Å². The number of carbonyl (C=O) groups is 1. The van der Waals surface area contributed by atoms with Crippen LogP contribution in [0.1, 0.15) is 21.7 Å². The maximum atomic E-state index is 12.8. The SMILES string of the molecule is Cc1ccc(-c2nc3sc4c(n3n2)CCN(C(=O)Nc2ccc(C)cc2Cl)C4)cc1. The fourth-order valence-electron chi connectivity index (χ4n) is 3.60. The monoisotopic (exact) mass is 437 g/mol. The van der Waals surface area contributed by atoms with Gasteiger partial charge in [0, 0.05) is 23.4 Å². The van der Waals surface area contributed by atoms with Gasteiger partial charge in [0.25, 0.3) is 0 Å². The third kappa shape index (κ3) is 3.44. The molecule has 0 spiro atoms. The lowest BCUT2D eigenvalue weighted by Crippen LogP contribution is -2.38. The number of nitrogens with one attached hydrogen (secondary N) is 1. The van der Waals surface area contributed by atoms with Crippen LogP contribution in [0, 0.1) is 13.8 Å². The molecule has 2 aromatic heterocycles. The molecule has 2 amide bonds. The van der Waals surface area contributed by atoms with Gasteiger partial charge in [-0.2, -0.15) is 4.98 Å². The predicted molar refractivity (Wildman–Crippen MR) is 120 cm³/mol. The minimum atomic E-state index is -0.147. The number of aromatic nitrogens is 3. The molecule has 1 aliphatic heterocycles. The summed E-state index contributed by atoms with van der Waals surface area (Å²) in [6.07, 6.45) is 0.737. The van der Waals surface area contributed by atoms with Crippen molar-refractivity contribution in [3.05, 3.63) is 69.2 Å². The van der Waals surface area contributed by atoms with E-state index in [4.69, 9.17) is 21.7 Å². The molecule has 0 unspecified atom stereocenters. The highest BCUT2D eigenvalue weighted by atomic mass is 35.5. The van der Waals surface area contributed by atoms with Crippen molar-refractivity contribution >= 4 is 39.6 Å². The molecular weight excluding hydrogens is 418 g/mol. The summed E-state index contributed by atoms with van der Waals surface area (Å²) in [4.78, 5) is 21.2. The number of benzene rings is 2. The average Bonchev–Trinajstić information content (AvgIpc) is 3.28. The number of hydrogen-bond acceptors (Lipinski definition) is 4. The molecular formula is C22H20ClN5OS. The van der Waals surface area contributed by atoms with Crippen molar-refractivity contribution in [1.82, 2.24) is 19.5 Å². The van der Waals surface area contributed by atoms with Gasteiger partial charge in [-0.25, -0.2) is 9.31 Å². The lowest BCUT2D eigenvalue weighted by Gasteiger charge is -2.26. The molecule has 30 heavy (non-hydrogen) atoms. The van der Waals surface area contributed by atoms with E-state index in [-0.39, 0.29) is 6.03 Å². The molecule has 4 aromatic rings. The van der Waals surface area contributed by atoms with Crippen LogP contribution in [-0.4, -0.2) is 32.1 Å². The zero-order valence-electron chi connectivity index (χ0n) is 16.6. The summed E-state index contributed by atoms with van der Waals surface area (Å²) in [7, 11) is 0. The van der Waals surface area contributed by atoms with Gasteiger partial charge < -0.3 is 10.2 Å². The first-order valence-corrected chi connectivity index (χ1v) is 10.9. The van der Waals surface area contributed by atoms with E-state index in [1.807, 2.05) is 41.8 Å². The van der Waals surface area contributed by atoms with Crippen LogP contribution >= 0.6 is 22.9 Å². The number of thiazole rings is 1. The summed E-state index contributed by atoms with van der Waals surface area (Å²) in [5, 5.41) is 8.19. The first kappa shape index (κ1) is 19.1. The number of anilines is 1. The Morgan fingerprint density at radius 2 is 1.90 bits per heavy atom. The summed E-state index contributed by atoms with van der Waals surface area (Å²) >= 11 is 7.85. The number of halogens is 1. The summed E-state index contributed by atoms with van der Waals surface area (Å²) in [5.74, 6) is 0.734. The predicted octanol–water partition coefficient (Wildman–Crippen LogP) is 5.32. The summed E-state index contributed by atoms with van der Waals surface area (Å²) in [6.45, 7) is 5.19. The van der Waals surface area contributed by atoms with Crippen LogP contribution in [0.4, 0.5) is 10.5 Å². The highest BCUT2D eigenvalue weighted by Gasteiger charge is 2.26. The van der Waals surface area contributed by atoms with Crippen molar-refractivity contribution < 1.29 is 4.79 Å². The Morgan fingerprint density at radius 1 is 1.13 bits per heavy atom. The van der Waals surface area contributed by atoms with Crippen LogP contribution in [0.3, 0.4) is 0 Å². The second kappa shape index (κ2) is 7.41. The zero-order chi connectivity index (χ0) is 20.8. The number of hydrogen-bond donors (Lipinski definition) is 1. The van der Waals surface area contributed by atoms with E-state index >= 15 is 0 Å². The lowest BCUT2D eigenvalue weighted by atomic mass is 10.1. The number of aryl methyl sites for hydroxylation is 2. The Morgan fingerprint density at radius 3 is 2.67 bits per heavy atom. The molecule has 5 rings (SSSR count). The number of urea groups is 1. The summed E-state index contributed by atoms with van der Waals surface area (Å²) in [5.41, 5.74) is 5.04. The van der Waals surface area contributed by atoms with Crippen LogP contribution in [0.25, 0.3) is 16.3 Å². The minimum Gasteiger partial charge on any atom is -0.319 e. The van der Waals surface area contributed by atoms with Crippen LogP contribution in [0.15, 0.2) is 42.5 Å². The highest BCUT2D eigenvalue weighted by Crippen LogP contribution is 2.30. The van der Waals surface area contributed by atoms with Crippen LogP contribution in [-0.2, 0) is 13.0 Å². The van der Waals surface area contributed by atoms with Gasteiger partial charge in [0.2, 0.25) is 4.96 Å². The molecule has 0 atom stereocenters. The van der Waals surface area contributed by atoms with E-state index in [1.54, 1.807) is 16.2 Å². The second-order valence-electron chi connectivity index (χ2n) is 7.55. The van der Waals surface area contributed by atoms with E-state index in [0.717, 1.165) is 38.9 Å². The standard InChI is InChI=1S/C22H20ClN5OS/c1-13-3-6-15(7-4-13)20-25-22-28(26-20)18-9-10-27(12-19(18)30-22)21(29)24-17-8-5-14(2)11-16(17)23/h3-8,11H,9-10,12H2,1-2H3,(H,24,29). The second-order valence-corrected chi connectivity index (χ2v) is 9.02. The molecule has 0 radical (unpaired) electrons. The normalized spacial score (nSPS) is 13.5. The van der Waals surface area contributed by atoms with Gasteiger partial charge in [0.1, 0.15) is 0 Å². The van der Waals surface area contributed by atoms with Crippen molar-refractivity contribution in [1.29, 1.82) is 0 Å². The summed E-state index contributed by atoms with van der Waals surface area (Å²) < 4.78 is 1.93. The quantitative estimate of drug-likeness (QED) is 0.461. The van der Waals surface area contributed by atoms with Crippen molar-refractivity contribution in [2.45, 2.75) is 26.8 Å². The number of amides is 2. The molecule has 1 N–H and O–H groups in total. The minimum absolute atomic E-state index is 0.147. The van der Waals surface area contributed by atoms with E-state index in [1.165, 1.54) is 5.56 Å². The molecule has 8 heteroatoms.